The second-order valence-electron chi connectivity index (χ2n) is 8.20. The maximum atomic E-state index is 12.6. The van der Waals surface area contributed by atoms with Crippen LogP contribution in [-0.4, -0.2) is 11.4 Å². The van der Waals surface area contributed by atoms with E-state index in [1.165, 1.54) is 17.3 Å². The number of rotatable bonds is 9. The molecule has 1 amide bonds. The predicted molar refractivity (Wildman–Crippen MR) is 156 cm³/mol. The maximum Gasteiger partial charge on any atom is 0.260 e. The fourth-order valence-corrected chi connectivity index (χ4v) is 5.65. The van der Waals surface area contributed by atoms with Crippen LogP contribution in [0.1, 0.15) is 29.2 Å². The van der Waals surface area contributed by atoms with Gasteiger partial charge in [-0.25, -0.2) is 0 Å². The molecule has 2 N–H and O–H groups in total. The highest BCUT2D eigenvalue weighted by molar-refractivity contribution is 9.10. The van der Waals surface area contributed by atoms with E-state index in [-0.39, 0.29) is 11.4 Å². The summed E-state index contributed by atoms with van der Waals surface area (Å²) in [6.45, 7) is 6.34. The highest BCUT2D eigenvalue weighted by atomic mass is 79.9. The van der Waals surface area contributed by atoms with Crippen LogP contribution >= 0.6 is 50.9 Å². The molecule has 4 rings (SSSR count). The first-order valence-corrected chi connectivity index (χ1v) is 13.8. The molecule has 1 atom stereocenters. The number of carbonyl (C=O) groups excluding carboxylic acids is 1. The quantitative estimate of drug-likeness (QED) is 0.191. The lowest BCUT2D eigenvalue weighted by atomic mass is 10.1. The van der Waals surface area contributed by atoms with Crippen LogP contribution in [0.4, 0.5) is 5.69 Å². The normalized spacial score (nSPS) is 16.2. The molecule has 1 heterocycles. The van der Waals surface area contributed by atoms with E-state index in [0.717, 1.165) is 39.0 Å². The zero-order valence-corrected chi connectivity index (χ0v) is 23.5. The summed E-state index contributed by atoms with van der Waals surface area (Å²) in [5.41, 5.74) is 4.77. The molecule has 0 aliphatic carbocycles. The molecule has 0 spiro atoms. The number of nitrogens with one attached hydrogen (secondary N) is 2. The largest absolute Gasteiger partial charge is 0.487 e. The number of anilines is 1. The van der Waals surface area contributed by atoms with Gasteiger partial charge in [-0.2, -0.15) is 0 Å². The predicted octanol–water partition coefficient (Wildman–Crippen LogP) is 8.23. The molecule has 4 nitrogen and oxygen atoms in total. The third-order valence-electron chi connectivity index (χ3n) is 5.56. The molecule has 1 fully saturated rings. The van der Waals surface area contributed by atoms with Gasteiger partial charge in [0.2, 0.25) is 0 Å². The first kappa shape index (κ1) is 26.7. The van der Waals surface area contributed by atoms with E-state index < -0.39 is 0 Å². The van der Waals surface area contributed by atoms with Crippen molar-refractivity contribution < 1.29 is 9.53 Å². The second kappa shape index (κ2) is 12.2. The molecule has 0 bridgehead atoms. The van der Waals surface area contributed by atoms with Crippen molar-refractivity contribution in [2.24, 2.45) is 0 Å². The average Bonchev–Trinajstić information content (AvgIpc) is 3.19. The van der Waals surface area contributed by atoms with Crippen molar-refractivity contribution in [1.29, 1.82) is 0 Å². The maximum absolute atomic E-state index is 12.6. The van der Waals surface area contributed by atoms with Gasteiger partial charge >= 0.3 is 0 Å². The Morgan fingerprint density at radius 1 is 1.11 bits per heavy atom. The molecule has 3 aromatic rings. The van der Waals surface area contributed by atoms with Crippen molar-refractivity contribution in [3.8, 4) is 5.75 Å². The highest BCUT2D eigenvalue weighted by Crippen LogP contribution is 2.36. The van der Waals surface area contributed by atoms with Crippen LogP contribution in [0.2, 0.25) is 10.0 Å². The highest BCUT2D eigenvalue weighted by Gasteiger charge is 2.27. The molecule has 8 heteroatoms. The zero-order valence-electron chi connectivity index (χ0n) is 19.6. The van der Waals surface area contributed by atoms with Crippen LogP contribution in [0.25, 0.3) is 6.08 Å². The molecule has 0 aromatic heterocycles. The van der Waals surface area contributed by atoms with Crippen LogP contribution in [0.5, 0.6) is 5.75 Å². The SMILES string of the molecule is C=CCc1cc(/C=C2\S[C@H](Nc3ccc(CC)cc3)NC2=O)cc(Br)c1OCc1ccc(Cl)c(Cl)c1. The van der Waals surface area contributed by atoms with Crippen molar-refractivity contribution >= 4 is 68.6 Å². The number of carbonyl (C=O) groups is 1. The summed E-state index contributed by atoms with van der Waals surface area (Å²) >= 11 is 17.3. The fraction of sp³-hybridized carbons (Fsp3) is 0.179. The number of benzene rings is 3. The Hall–Kier alpha value is -2.38. The third-order valence-corrected chi connectivity index (χ3v) is 7.92. The molecule has 1 saturated heterocycles. The summed E-state index contributed by atoms with van der Waals surface area (Å²) < 4.78 is 6.93. The molecule has 186 valence electrons. The third kappa shape index (κ3) is 6.68. The number of hydrogen-bond acceptors (Lipinski definition) is 4. The number of thioether (sulfide) groups is 1. The van der Waals surface area contributed by atoms with E-state index in [0.29, 0.717) is 28.0 Å². The summed E-state index contributed by atoms with van der Waals surface area (Å²) in [5.74, 6) is 0.616. The number of ether oxygens (including phenoxy) is 1. The van der Waals surface area contributed by atoms with Crippen molar-refractivity contribution in [3.05, 3.63) is 109 Å². The van der Waals surface area contributed by atoms with Crippen LogP contribution in [0.15, 0.2) is 76.6 Å². The Labute approximate surface area is 234 Å². The van der Waals surface area contributed by atoms with Crippen molar-refractivity contribution in [1.82, 2.24) is 5.32 Å². The number of aryl methyl sites for hydroxylation is 1. The Morgan fingerprint density at radius 2 is 1.86 bits per heavy atom. The van der Waals surface area contributed by atoms with Gasteiger partial charge in [0.05, 0.1) is 19.4 Å². The summed E-state index contributed by atoms with van der Waals surface area (Å²) in [4.78, 5) is 13.3. The first-order valence-electron chi connectivity index (χ1n) is 11.4. The average molecular weight is 604 g/mol. The first-order chi connectivity index (χ1) is 17.4. The lowest BCUT2D eigenvalue weighted by molar-refractivity contribution is -0.116. The summed E-state index contributed by atoms with van der Waals surface area (Å²) in [6.07, 6.45) is 5.32. The van der Waals surface area contributed by atoms with E-state index in [2.05, 4.69) is 52.2 Å². The van der Waals surface area contributed by atoms with Crippen LogP contribution in [0.3, 0.4) is 0 Å². The van der Waals surface area contributed by atoms with Crippen molar-refractivity contribution in [2.45, 2.75) is 31.9 Å². The van der Waals surface area contributed by atoms with Gasteiger partial charge in [0.25, 0.3) is 5.91 Å². The van der Waals surface area contributed by atoms with Gasteiger partial charge in [-0.3, -0.25) is 4.79 Å². The summed E-state index contributed by atoms with van der Waals surface area (Å²) in [7, 11) is 0. The van der Waals surface area contributed by atoms with Crippen LogP contribution in [0, 0.1) is 0 Å². The fourth-order valence-electron chi connectivity index (χ4n) is 3.72. The van der Waals surface area contributed by atoms with Gasteiger partial charge in [-0.1, -0.05) is 66.2 Å². The van der Waals surface area contributed by atoms with Crippen LogP contribution in [-0.2, 0) is 24.2 Å². The van der Waals surface area contributed by atoms with E-state index in [1.807, 2.05) is 42.5 Å². The van der Waals surface area contributed by atoms with Gasteiger partial charge in [0.15, 0.2) is 5.50 Å². The Kier molecular flexibility index (Phi) is 9.07. The minimum absolute atomic E-state index is 0.107. The molecule has 0 unspecified atom stereocenters. The molecule has 0 saturated carbocycles. The smallest absolute Gasteiger partial charge is 0.260 e. The monoisotopic (exact) mass is 602 g/mol. The van der Waals surface area contributed by atoms with E-state index >= 15 is 0 Å². The number of amides is 1. The van der Waals surface area contributed by atoms with Crippen molar-refractivity contribution in [3.63, 3.8) is 0 Å². The van der Waals surface area contributed by atoms with Gasteiger partial charge in [0, 0.05) is 5.69 Å². The lowest BCUT2D eigenvalue weighted by Gasteiger charge is -2.14. The number of halogens is 3. The van der Waals surface area contributed by atoms with Gasteiger partial charge < -0.3 is 15.4 Å². The molecular formula is C28H25BrCl2N2O2S. The minimum Gasteiger partial charge on any atom is -0.487 e. The van der Waals surface area contributed by atoms with Gasteiger partial charge in [-0.05, 0) is 93.5 Å². The Bertz CT molecular complexity index is 1310. The Morgan fingerprint density at radius 3 is 2.56 bits per heavy atom. The standard InChI is InChI=1S/C28H25BrCl2N2O2S/c1-3-5-20-12-19(13-22(29)26(20)35-16-18-8-11-23(30)24(31)14-18)15-25-27(34)33-28(36-25)32-21-9-6-17(4-2)7-10-21/h3,6-15,28,32H,1,4-5,16H2,2H3,(H,33,34)/b25-15-/t28-/m1/s1. The molecule has 3 aromatic carbocycles. The van der Waals surface area contributed by atoms with Gasteiger partial charge in [0.1, 0.15) is 12.4 Å². The number of allylic oxidation sites excluding steroid dienone is 1. The molecule has 1 aliphatic heterocycles. The molecular weight excluding hydrogens is 579 g/mol. The second-order valence-corrected chi connectivity index (χ2v) is 11.0. The minimum atomic E-state index is -0.235. The number of hydrogen-bond donors (Lipinski definition) is 2. The van der Waals surface area contributed by atoms with Gasteiger partial charge in [-0.15, -0.1) is 6.58 Å². The van der Waals surface area contributed by atoms with Crippen LogP contribution < -0.4 is 15.4 Å². The van der Waals surface area contributed by atoms with Crippen molar-refractivity contribution in [2.75, 3.05) is 5.32 Å². The topological polar surface area (TPSA) is 50.4 Å². The molecule has 36 heavy (non-hydrogen) atoms. The van der Waals surface area contributed by atoms with E-state index in [4.69, 9.17) is 27.9 Å². The molecule has 0 radical (unpaired) electrons. The summed E-state index contributed by atoms with van der Waals surface area (Å²) in [5, 5.41) is 7.34. The van der Waals surface area contributed by atoms with E-state index in [9.17, 15) is 4.79 Å². The Balaban J connectivity index is 1.50. The van der Waals surface area contributed by atoms with E-state index in [1.54, 1.807) is 12.1 Å². The lowest BCUT2D eigenvalue weighted by Crippen LogP contribution is -2.30. The molecule has 1 aliphatic rings. The summed E-state index contributed by atoms with van der Waals surface area (Å²) in [6, 6.07) is 17.6. The zero-order chi connectivity index (χ0) is 25.7.